The van der Waals surface area contributed by atoms with E-state index in [4.69, 9.17) is 33.2 Å². The molecular formula is C20H11Cl2NO2. The van der Waals surface area contributed by atoms with E-state index in [1.165, 1.54) is 12.1 Å². The van der Waals surface area contributed by atoms with Crippen LogP contribution >= 0.6 is 23.2 Å². The monoisotopic (exact) mass is 367 g/mol. The predicted molar refractivity (Wildman–Crippen MR) is 98.0 cm³/mol. The summed E-state index contributed by atoms with van der Waals surface area (Å²) < 4.78 is 5.34. The van der Waals surface area contributed by atoms with Gasteiger partial charge in [-0.2, -0.15) is 5.26 Å². The fourth-order valence-electron chi connectivity index (χ4n) is 2.27. The summed E-state index contributed by atoms with van der Waals surface area (Å²) in [7, 11) is 0. The molecule has 3 rings (SSSR count). The highest BCUT2D eigenvalue weighted by Crippen LogP contribution is 2.25. The molecule has 0 aromatic heterocycles. The van der Waals surface area contributed by atoms with Crippen LogP contribution in [-0.2, 0) is 0 Å². The number of hydrogen-bond donors (Lipinski definition) is 0. The van der Waals surface area contributed by atoms with E-state index in [-0.39, 0.29) is 10.6 Å². The van der Waals surface area contributed by atoms with Crippen molar-refractivity contribution in [1.82, 2.24) is 0 Å². The number of benzene rings is 3. The van der Waals surface area contributed by atoms with E-state index in [2.05, 4.69) is 6.07 Å². The van der Waals surface area contributed by atoms with Crippen LogP contribution in [0.15, 0.2) is 66.7 Å². The van der Waals surface area contributed by atoms with Gasteiger partial charge in [-0.25, -0.2) is 4.79 Å². The molecule has 3 aromatic rings. The summed E-state index contributed by atoms with van der Waals surface area (Å²) >= 11 is 11.8. The molecule has 5 heteroatoms. The second-order valence-corrected chi connectivity index (χ2v) is 6.07. The van der Waals surface area contributed by atoms with E-state index in [9.17, 15) is 4.79 Å². The van der Waals surface area contributed by atoms with E-state index in [1.54, 1.807) is 30.3 Å². The molecule has 0 saturated heterocycles. The molecule has 122 valence electrons. The smallest absolute Gasteiger partial charge is 0.345 e. The zero-order valence-corrected chi connectivity index (χ0v) is 14.4. The van der Waals surface area contributed by atoms with Crippen molar-refractivity contribution in [1.29, 1.82) is 5.26 Å². The molecule has 0 heterocycles. The number of esters is 1. The van der Waals surface area contributed by atoms with Crippen LogP contribution in [0.25, 0.3) is 11.1 Å². The summed E-state index contributed by atoms with van der Waals surface area (Å²) in [4.78, 5) is 12.2. The maximum Gasteiger partial charge on any atom is 0.345 e. The number of carbonyl (C=O) groups is 1. The van der Waals surface area contributed by atoms with Gasteiger partial charge in [0.2, 0.25) is 0 Å². The van der Waals surface area contributed by atoms with Gasteiger partial charge in [-0.15, -0.1) is 0 Å². The van der Waals surface area contributed by atoms with Gasteiger partial charge in [-0.1, -0.05) is 47.5 Å². The van der Waals surface area contributed by atoms with Gasteiger partial charge in [0.15, 0.2) is 0 Å². The normalized spacial score (nSPS) is 10.1. The van der Waals surface area contributed by atoms with Gasteiger partial charge >= 0.3 is 5.97 Å². The lowest BCUT2D eigenvalue weighted by atomic mass is 10.0. The highest BCUT2D eigenvalue weighted by molar-refractivity contribution is 6.36. The topological polar surface area (TPSA) is 50.1 Å². The molecule has 0 aliphatic rings. The Hall–Kier alpha value is -2.80. The third-order valence-electron chi connectivity index (χ3n) is 3.56. The molecule has 0 bridgehead atoms. The summed E-state index contributed by atoms with van der Waals surface area (Å²) in [6, 6.07) is 21.0. The Bertz CT molecular complexity index is 958. The Morgan fingerprint density at radius 2 is 1.48 bits per heavy atom. The first-order chi connectivity index (χ1) is 12.1. The minimum atomic E-state index is -0.548. The molecule has 3 aromatic carbocycles. The van der Waals surface area contributed by atoms with Crippen molar-refractivity contribution in [3.8, 4) is 22.9 Å². The quantitative estimate of drug-likeness (QED) is 0.437. The van der Waals surface area contributed by atoms with E-state index in [0.29, 0.717) is 16.3 Å². The zero-order chi connectivity index (χ0) is 17.8. The third-order valence-corrected chi connectivity index (χ3v) is 4.11. The fraction of sp³-hybridized carbons (Fsp3) is 0. The average Bonchev–Trinajstić information content (AvgIpc) is 2.62. The van der Waals surface area contributed by atoms with Crippen LogP contribution < -0.4 is 4.74 Å². The third kappa shape index (κ3) is 4.00. The molecule has 0 fully saturated rings. The molecule has 0 aliphatic carbocycles. The van der Waals surface area contributed by atoms with Crippen molar-refractivity contribution < 1.29 is 9.53 Å². The molecule has 0 N–H and O–H groups in total. The van der Waals surface area contributed by atoms with Crippen molar-refractivity contribution in [2.45, 2.75) is 0 Å². The molecule has 0 spiro atoms. The largest absolute Gasteiger partial charge is 0.423 e. The van der Waals surface area contributed by atoms with Crippen LogP contribution in [0.1, 0.15) is 15.9 Å². The molecule has 25 heavy (non-hydrogen) atoms. The fourth-order valence-corrected chi connectivity index (χ4v) is 2.76. The lowest BCUT2D eigenvalue weighted by Gasteiger charge is -2.07. The highest BCUT2D eigenvalue weighted by atomic mass is 35.5. The van der Waals surface area contributed by atoms with Crippen molar-refractivity contribution >= 4 is 29.2 Å². The lowest BCUT2D eigenvalue weighted by Crippen LogP contribution is -2.09. The number of nitrogens with zero attached hydrogens (tertiary/aromatic N) is 1. The second-order valence-electron chi connectivity index (χ2n) is 5.23. The minimum absolute atomic E-state index is 0.242. The van der Waals surface area contributed by atoms with Gasteiger partial charge in [0.1, 0.15) is 5.75 Å². The molecular weight excluding hydrogens is 357 g/mol. The maximum atomic E-state index is 12.2. The molecule has 3 nitrogen and oxygen atoms in total. The minimum Gasteiger partial charge on any atom is -0.423 e. The first-order valence-electron chi connectivity index (χ1n) is 7.34. The Morgan fingerprint density at radius 3 is 2.04 bits per heavy atom. The highest BCUT2D eigenvalue weighted by Gasteiger charge is 2.13. The van der Waals surface area contributed by atoms with Crippen LogP contribution in [0.4, 0.5) is 0 Å². The summed E-state index contributed by atoms with van der Waals surface area (Å²) in [5.74, 6) is -0.138. The van der Waals surface area contributed by atoms with E-state index in [0.717, 1.165) is 11.1 Å². The average molecular weight is 368 g/mol. The molecule has 0 atom stereocenters. The summed E-state index contributed by atoms with van der Waals surface area (Å²) in [6.45, 7) is 0. The first-order valence-corrected chi connectivity index (χ1v) is 8.10. The van der Waals surface area contributed by atoms with E-state index in [1.807, 2.05) is 24.3 Å². The zero-order valence-electron chi connectivity index (χ0n) is 12.9. The van der Waals surface area contributed by atoms with E-state index >= 15 is 0 Å². The van der Waals surface area contributed by atoms with Crippen LogP contribution in [0.5, 0.6) is 5.75 Å². The van der Waals surface area contributed by atoms with Gasteiger partial charge < -0.3 is 4.74 Å². The Morgan fingerprint density at radius 1 is 0.880 bits per heavy atom. The maximum absolute atomic E-state index is 12.2. The summed E-state index contributed by atoms with van der Waals surface area (Å²) in [6.07, 6.45) is 0. The molecule has 0 radical (unpaired) electrons. The van der Waals surface area contributed by atoms with Crippen LogP contribution in [0.2, 0.25) is 10.0 Å². The van der Waals surface area contributed by atoms with Gasteiger partial charge in [-0.05, 0) is 53.6 Å². The molecule has 0 saturated carbocycles. The number of nitriles is 1. The number of carbonyl (C=O) groups excluding carboxylic acids is 1. The number of ether oxygens (including phenoxy) is 1. The first kappa shape index (κ1) is 17.0. The second kappa shape index (κ2) is 7.40. The number of hydrogen-bond acceptors (Lipinski definition) is 3. The SMILES string of the molecule is N#Cc1ccc(-c2ccc(OC(=O)c3ccc(Cl)cc3Cl)cc2)cc1. The van der Waals surface area contributed by atoms with Crippen molar-refractivity contribution in [3.05, 3.63) is 87.9 Å². The number of halogens is 2. The number of rotatable bonds is 3. The molecule has 0 unspecified atom stereocenters. The van der Waals surface area contributed by atoms with Gasteiger partial charge in [-0.3, -0.25) is 0 Å². The molecule has 0 aliphatic heterocycles. The Balaban J connectivity index is 1.76. The summed E-state index contributed by atoms with van der Waals surface area (Å²) in [5.41, 5.74) is 2.78. The predicted octanol–water partition coefficient (Wildman–Crippen LogP) is 5.75. The van der Waals surface area contributed by atoms with Gasteiger partial charge in [0, 0.05) is 5.02 Å². The van der Waals surface area contributed by atoms with Crippen LogP contribution in [-0.4, -0.2) is 5.97 Å². The van der Waals surface area contributed by atoms with Crippen LogP contribution in [0.3, 0.4) is 0 Å². The Labute approximate surface area is 155 Å². The molecule has 0 amide bonds. The van der Waals surface area contributed by atoms with Crippen molar-refractivity contribution in [3.63, 3.8) is 0 Å². The van der Waals surface area contributed by atoms with Gasteiger partial charge in [0.25, 0.3) is 0 Å². The van der Waals surface area contributed by atoms with Crippen molar-refractivity contribution in [2.75, 3.05) is 0 Å². The summed E-state index contributed by atoms with van der Waals surface area (Å²) in [5, 5.41) is 9.53. The lowest BCUT2D eigenvalue weighted by molar-refractivity contribution is 0.0735. The Kier molecular flexibility index (Phi) is 5.04. The van der Waals surface area contributed by atoms with Crippen molar-refractivity contribution in [2.24, 2.45) is 0 Å². The van der Waals surface area contributed by atoms with Gasteiger partial charge in [0.05, 0.1) is 22.2 Å². The van der Waals surface area contributed by atoms with E-state index < -0.39 is 5.97 Å². The standard InChI is InChI=1S/C20H11Cl2NO2/c21-16-7-10-18(19(22)11-16)20(24)25-17-8-5-15(6-9-17)14-3-1-13(12-23)2-4-14/h1-11H. The van der Waals surface area contributed by atoms with Crippen LogP contribution in [0, 0.1) is 11.3 Å².